The second-order valence-corrected chi connectivity index (χ2v) is 14.4. The lowest BCUT2D eigenvalue weighted by molar-refractivity contribution is 0.980. The fourth-order valence-electron chi connectivity index (χ4n) is 7.61. The maximum absolute atomic E-state index is 4.59. The molecule has 58 heavy (non-hydrogen) atoms. The summed E-state index contributed by atoms with van der Waals surface area (Å²) in [6, 6.07) is 17.4. The minimum absolute atomic E-state index is 0.858. The third-order valence-corrected chi connectivity index (χ3v) is 10.8. The van der Waals surface area contributed by atoms with Gasteiger partial charge in [-0.2, -0.15) is 0 Å². The topological polar surface area (TPSA) is 9.86 Å². The van der Waals surface area contributed by atoms with Crippen molar-refractivity contribution in [3.63, 3.8) is 0 Å². The predicted molar refractivity (Wildman–Crippen MR) is 255 cm³/mol. The lowest BCUT2D eigenvalue weighted by atomic mass is 10.1. The highest BCUT2D eigenvalue weighted by Crippen LogP contribution is 2.34. The van der Waals surface area contributed by atoms with E-state index in [1.165, 1.54) is 55.5 Å². The lowest BCUT2D eigenvalue weighted by Gasteiger charge is -2.14. The smallest absolute Gasteiger partial charge is 0.0540 e. The van der Waals surface area contributed by atoms with Crippen LogP contribution in [0.5, 0.6) is 0 Å². The molecule has 0 fully saturated rings. The number of terminal acetylenes is 1. The van der Waals surface area contributed by atoms with Gasteiger partial charge in [0.1, 0.15) is 0 Å². The van der Waals surface area contributed by atoms with Crippen molar-refractivity contribution in [1.29, 1.82) is 0 Å². The Morgan fingerprint density at radius 1 is 0.741 bits per heavy atom. The van der Waals surface area contributed by atoms with Crippen molar-refractivity contribution < 1.29 is 0 Å². The maximum Gasteiger partial charge on any atom is 0.0540 e. The van der Waals surface area contributed by atoms with E-state index in [0.717, 1.165) is 54.6 Å². The molecule has 0 saturated heterocycles. The van der Waals surface area contributed by atoms with Crippen molar-refractivity contribution in [3.8, 4) is 12.8 Å². The number of allylic oxidation sites excluding steroid dienone is 28. The SMILES string of the molecule is C#C.C=C(/C=C\C(=C/CC1=CC=CC=CC1)n1c2ccccc2c2ccccc21)/C(C)=C/C=C(\C=C\C1=CCC=CC=C1)n1c2c(c(C)c1C/C=C\C)CC=CC=C2. The van der Waals surface area contributed by atoms with Gasteiger partial charge in [-0.1, -0.05) is 164 Å². The summed E-state index contributed by atoms with van der Waals surface area (Å²) < 4.78 is 4.86. The van der Waals surface area contributed by atoms with Crippen LogP contribution in [0.1, 0.15) is 55.6 Å². The van der Waals surface area contributed by atoms with Gasteiger partial charge < -0.3 is 9.13 Å². The molecule has 2 nitrogen and oxygen atoms in total. The molecule has 0 N–H and O–H groups in total. The van der Waals surface area contributed by atoms with Gasteiger partial charge in [0.2, 0.25) is 0 Å². The third-order valence-electron chi connectivity index (χ3n) is 10.8. The first-order valence-electron chi connectivity index (χ1n) is 20.2. The molecule has 0 atom stereocenters. The number of benzene rings is 2. The van der Waals surface area contributed by atoms with Crippen molar-refractivity contribution in [3.05, 3.63) is 234 Å². The highest BCUT2D eigenvalue weighted by atomic mass is 15.0. The standard InChI is InChI=1S/C54H52N2.C2H2/c1-5-6-29-51-43(4)48-26-16-11-17-30-52(48)55(51)46(39-35-44-22-12-7-8-13-23-44)37-33-41(2)42(3)34-38-47(40-36-45-24-14-9-10-15-25-45)56-53-31-20-18-27-49(53)50-28-19-21-32-54(50)56;1-2/h5-12,14-24,27-28,30-35,37-40H,3,13,25-26,29,36H2,1-2,4H3;1-2H/b6-5-,38-34-,39-35+,41-33+,46-37+,47-40+;. The van der Waals surface area contributed by atoms with E-state index in [1.807, 2.05) is 0 Å². The highest BCUT2D eigenvalue weighted by Gasteiger charge is 2.19. The largest absolute Gasteiger partial charge is 0.313 e. The lowest BCUT2D eigenvalue weighted by Crippen LogP contribution is -2.04. The summed E-state index contributed by atoms with van der Waals surface area (Å²) in [5.41, 5.74) is 14.6. The number of rotatable bonds is 12. The summed E-state index contributed by atoms with van der Waals surface area (Å²) in [5.74, 6) is 0. The van der Waals surface area contributed by atoms with Crippen LogP contribution in [-0.2, 0) is 12.8 Å². The summed E-state index contributed by atoms with van der Waals surface area (Å²) >= 11 is 0. The molecule has 0 unspecified atom stereocenters. The summed E-state index contributed by atoms with van der Waals surface area (Å²) in [6.45, 7) is 11.1. The van der Waals surface area contributed by atoms with Gasteiger partial charge in [0, 0.05) is 40.0 Å². The minimum atomic E-state index is 0.858. The van der Waals surface area contributed by atoms with Crippen LogP contribution in [0.4, 0.5) is 0 Å². The number of hydrogen-bond acceptors (Lipinski definition) is 0. The van der Waals surface area contributed by atoms with Gasteiger partial charge in [-0.25, -0.2) is 0 Å². The van der Waals surface area contributed by atoms with Gasteiger partial charge in [0.25, 0.3) is 0 Å². The van der Waals surface area contributed by atoms with Crippen LogP contribution in [0, 0.1) is 19.8 Å². The number of nitrogens with zero attached hydrogens (tertiary/aromatic N) is 2. The third kappa shape index (κ3) is 9.58. The van der Waals surface area contributed by atoms with Crippen LogP contribution in [-0.4, -0.2) is 9.13 Å². The van der Waals surface area contributed by atoms with Gasteiger partial charge >= 0.3 is 0 Å². The van der Waals surface area contributed by atoms with Crippen molar-refractivity contribution in [2.75, 3.05) is 0 Å². The Bertz CT molecular complexity index is 2570. The molecule has 2 aromatic heterocycles. The minimum Gasteiger partial charge on any atom is -0.313 e. The van der Waals surface area contributed by atoms with E-state index in [9.17, 15) is 0 Å². The molecule has 288 valence electrons. The average molecular weight is 755 g/mol. The zero-order valence-electron chi connectivity index (χ0n) is 34.2. The van der Waals surface area contributed by atoms with Gasteiger partial charge in [-0.3, -0.25) is 0 Å². The van der Waals surface area contributed by atoms with E-state index in [1.54, 1.807) is 0 Å². The first kappa shape index (κ1) is 40.8. The van der Waals surface area contributed by atoms with E-state index in [2.05, 4.69) is 238 Å². The normalized spacial score (nSPS) is 15.8. The molecule has 0 spiro atoms. The maximum atomic E-state index is 4.59. The zero-order valence-corrected chi connectivity index (χ0v) is 34.2. The molecule has 2 heteroatoms. The summed E-state index contributed by atoms with van der Waals surface area (Å²) in [6.07, 6.45) is 63.3. The Kier molecular flexibility index (Phi) is 14.3. The number of aromatic nitrogens is 2. The molecular formula is C56H54N2. The number of hydrogen-bond donors (Lipinski definition) is 0. The molecule has 2 aromatic carbocycles. The first-order chi connectivity index (χ1) is 28.5. The van der Waals surface area contributed by atoms with E-state index in [4.69, 9.17) is 0 Å². The number of para-hydroxylation sites is 2. The average Bonchev–Trinajstić information content (AvgIpc) is 3.52. The molecule has 0 amide bonds. The number of fused-ring (bicyclic) bond motifs is 4. The van der Waals surface area contributed by atoms with Crippen LogP contribution >= 0.6 is 0 Å². The Morgan fingerprint density at radius 3 is 2.22 bits per heavy atom. The van der Waals surface area contributed by atoms with Crippen molar-refractivity contribution >= 4 is 39.3 Å². The molecule has 7 rings (SSSR count). The molecule has 0 radical (unpaired) electrons. The Labute approximate surface area is 346 Å². The van der Waals surface area contributed by atoms with Crippen LogP contribution in [0.2, 0.25) is 0 Å². The van der Waals surface area contributed by atoms with E-state index in [-0.39, 0.29) is 0 Å². The van der Waals surface area contributed by atoms with Crippen LogP contribution in [0.3, 0.4) is 0 Å². The fraction of sp³-hybridized carbons (Fsp3) is 0.143. The summed E-state index contributed by atoms with van der Waals surface area (Å²) in [4.78, 5) is 0. The molecule has 4 aromatic rings. The van der Waals surface area contributed by atoms with Crippen molar-refractivity contribution in [1.82, 2.24) is 9.13 Å². The summed E-state index contributed by atoms with van der Waals surface area (Å²) in [5, 5.41) is 2.51. The molecule has 0 aliphatic heterocycles. The molecule has 3 aliphatic rings. The molecule has 2 heterocycles. The zero-order chi connectivity index (χ0) is 40.7. The highest BCUT2D eigenvalue weighted by molar-refractivity contribution is 6.10. The summed E-state index contributed by atoms with van der Waals surface area (Å²) in [7, 11) is 0. The van der Waals surface area contributed by atoms with Gasteiger partial charge in [-0.05, 0) is 111 Å². The van der Waals surface area contributed by atoms with E-state index < -0.39 is 0 Å². The molecular weight excluding hydrogens is 701 g/mol. The second-order valence-electron chi connectivity index (χ2n) is 14.4. The first-order valence-corrected chi connectivity index (χ1v) is 20.2. The molecule has 0 bridgehead atoms. The monoisotopic (exact) mass is 754 g/mol. The molecule has 0 saturated carbocycles. The second kappa shape index (κ2) is 20.4. The van der Waals surface area contributed by atoms with E-state index >= 15 is 0 Å². The fourth-order valence-corrected chi connectivity index (χ4v) is 7.61. The van der Waals surface area contributed by atoms with Gasteiger partial charge in [0.15, 0.2) is 0 Å². The van der Waals surface area contributed by atoms with Crippen molar-refractivity contribution in [2.45, 2.75) is 52.9 Å². The van der Waals surface area contributed by atoms with Crippen LogP contribution in [0.25, 0.3) is 39.3 Å². The predicted octanol–water partition coefficient (Wildman–Crippen LogP) is 14.7. The Morgan fingerprint density at radius 2 is 1.45 bits per heavy atom. The van der Waals surface area contributed by atoms with Crippen LogP contribution < -0.4 is 0 Å². The van der Waals surface area contributed by atoms with E-state index in [0.29, 0.717) is 0 Å². The quantitative estimate of drug-likeness (QED) is 0.0774. The molecule has 3 aliphatic carbocycles. The Balaban J connectivity index is 0.00000279. The van der Waals surface area contributed by atoms with Crippen molar-refractivity contribution in [2.24, 2.45) is 0 Å². The van der Waals surface area contributed by atoms with Gasteiger partial charge in [0.05, 0.1) is 11.0 Å². The van der Waals surface area contributed by atoms with Crippen LogP contribution in [0.15, 0.2) is 211 Å². The van der Waals surface area contributed by atoms with Gasteiger partial charge in [-0.15, -0.1) is 12.8 Å². The Hall–Kier alpha value is -6.82.